The number of benzene rings is 1. The zero-order chi connectivity index (χ0) is 20.4. The summed E-state index contributed by atoms with van der Waals surface area (Å²) in [6, 6.07) is 7.53. The summed E-state index contributed by atoms with van der Waals surface area (Å²) in [5.74, 6) is -0.720. The lowest BCUT2D eigenvalue weighted by Crippen LogP contribution is -2.31. The summed E-state index contributed by atoms with van der Waals surface area (Å²) >= 11 is 1.11. The van der Waals surface area contributed by atoms with Crippen molar-refractivity contribution in [2.24, 2.45) is 0 Å². The smallest absolute Gasteiger partial charge is 0.337 e. The maximum Gasteiger partial charge on any atom is 0.337 e. The topological polar surface area (TPSA) is 101 Å². The molecule has 0 fully saturated rings. The van der Waals surface area contributed by atoms with E-state index >= 15 is 0 Å². The number of hydrogen-bond donors (Lipinski definition) is 2. The standard InChI is InChI=1S/C20H21N3O4S/c1-4-15-22-18-17(14(10-28-18)20(26)27)19(25)23(15)9-16(24)21-13-7-5-12(6-8-13)11(2)3/h5-8,10-11H,4,9H2,1-3H3,(H,21,24)(H,26,27). The van der Waals surface area contributed by atoms with Crippen molar-refractivity contribution in [1.82, 2.24) is 9.55 Å². The van der Waals surface area contributed by atoms with Crippen molar-refractivity contribution in [1.29, 1.82) is 0 Å². The van der Waals surface area contributed by atoms with Crippen LogP contribution in [0.15, 0.2) is 34.4 Å². The highest BCUT2D eigenvalue weighted by Crippen LogP contribution is 2.22. The van der Waals surface area contributed by atoms with E-state index < -0.39 is 11.5 Å². The number of anilines is 1. The molecule has 3 rings (SSSR count). The van der Waals surface area contributed by atoms with Gasteiger partial charge in [0, 0.05) is 17.5 Å². The number of carboxylic acid groups (broad SMARTS) is 1. The molecule has 0 aliphatic rings. The number of amides is 1. The van der Waals surface area contributed by atoms with Gasteiger partial charge in [-0.1, -0.05) is 32.9 Å². The molecule has 3 aromatic rings. The summed E-state index contributed by atoms with van der Waals surface area (Å²) in [6.45, 7) is 5.78. The van der Waals surface area contributed by atoms with E-state index in [1.165, 1.54) is 9.95 Å². The molecule has 7 nitrogen and oxygen atoms in total. The Hall–Kier alpha value is -3.00. The maximum absolute atomic E-state index is 12.9. The second-order valence-corrected chi connectivity index (χ2v) is 7.59. The van der Waals surface area contributed by atoms with Gasteiger partial charge in [0.2, 0.25) is 5.91 Å². The molecule has 1 amide bonds. The molecule has 2 heterocycles. The summed E-state index contributed by atoms with van der Waals surface area (Å²) in [5.41, 5.74) is 1.21. The molecule has 28 heavy (non-hydrogen) atoms. The number of nitrogens with zero attached hydrogens (tertiary/aromatic N) is 2. The van der Waals surface area contributed by atoms with Gasteiger partial charge in [0.15, 0.2) is 0 Å². The number of hydrogen-bond acceptors (Lipinski definition) is 5. The van der Waals surface area contributed by atoms with Crippen molar-refractivity contribution in [3.63, 3.8) is 0 Å². The minimum atomic E-state index is -1.18. The molecule has 0 radical (unpaired) electrons. The van der Waals surface area contributed by atoms with E-state index in [-0.39, 0.29) is 23.4 Å². The Balaban J connectivity index is 1.91. The number of thiophene rings is 1. The molecule has 0 saturated heterocycles. The lowest BCUT2D eigenvalue weighted by atomic mass is 10.0. The van der Waals surface area contributed by atoms with Gasteiger partial charge in [0.05, 0.1) is 10.9 Å². The Morgan fingerprint density at radius 3 is 2.50 bits per heavy atom. The van der Waals surface area contributed by atoms with Crippen LogP contribution < -0.4 is 10.9 Å². The van der Waals surface area contributed by atoms with Crippen molar-refractivity contribution in [2.45, 2.75) is 39.7 Å². The molecule has 0 unspecified atom stereocenters. The van der Waals surface area contributed by atoms with Gasteiger partial charge in [-0.3, -0.25) is 14.2 Å². The summed E-state index contributed by atoms with van der Waals surface area (Å²) in [6.07, 6.45) is 0.446. The van der Waals surface area contributed by atoms with Crippen LogP contribution in [0.25, 0.3) is 10.2 Å². The summed E-state index contributed by atoms with van der Waals surface area (Å²) in [5, 5.41) is 13.5. The van der Waals surface area contributed by atoms with Crippen LogP contribution in [0.4, 0.5) is 5.69 Å². The van der Waals surface area contributed by atoms with Gasteiger partial charge in [-0.2, -0.15) is 0 Å². The van der Waals surface area contributed by atoms with E-state index in [1.54, 1.807) is 0 Å². The van der Waals surface area contributed by atoms with Crippen molar-refractivity contribution in [3.8, 4) is 0 Å². The molecule has 0 atom stereocenters. The van der Waals surface area contributed by atoms with Crippen LogP contribution in [0.2, 0.25) is 0 Å². The number of aryl methyl sites for hydroxylation is 1. The zero-order valence-corrected chi connectivity index (χ0v) is 16.7. The number of carbonyl (C=O) groups excluding carboxylic acids is 1. The van der Waals surface area contributed by atoms with E-state index in [0.29, 0.717) is 28.7 Å². The highest BCUT2D eigenvalue weighted by atomic mass is 32.1. The minimum Gasteiger partial charge on any atom is -0.478 e. The van der Waals surface area contributed by atoms with E-state index in [1.807, 2.05) is 31.2 Å². The molecule has 2 N–H and O–H groups in total. The van der Waals surface area contributed by atoms with Gasteiger partial charge in [0.25, 0.3) is 5.56 Å². The molecule has 0 aliphatic heterocycles. The largest absolute Gasteiger partial charge is 0.478 e. The van der Waals surface area contributed by atoms with E-state index in [2.05, 4.69) is 24.1 Å². The molecular formula is C20H21N3O4S. The molecule has 146 valence electrons. The fourth-order valence-electron chi connectivity index (χ4n) is 2.95. The third kappa shape index (κ3) is 3.82. The van der Waals surface area contributed by atoms with Crippen molar-refractivity contribution in [2.75, 3.05) is 5.32 Å². The van der Waals surface area contributed by atoms with Crippen LogP contribution in [-0.4, -0.2) is 26.5 Å². The molecule has 0 saturated carbocycles. The van der Waals surface area contributed by atoms with E-state index in [0.717, 1.165) is 16.9 Å². The number of fused-ring (bicyclic) bond motifs is 1. The van der Waals surface area contributed by atoms with Gasteiger partial charge >= 0.3 is 5.97 Å². The van der Waals surface area contributed by atoms with Crippen LogP contribution in [0, 0.1) is 0 Å². The fourth-order valence-corrected chi connectivity index (χ4v) is 3.87. The average Bonchev–Trinajstić information content (AvgIpc) is 3.08. The quantitative estimate of drug-likeness (QED) is 0.661. The number of carboxylic acids is 1. The predicted octanol–water partition coefficient (Wildman–Crippen LogP) is 3.48. The molecule has 1 aromatic carbocycles. The van der Waals surface area contributed by atoms with Crippen LogP contribution >= 0.6 is 11.3 Å². The first-order valence-electron chi connectivity index (χ1n) is 8.95. The Morgan fingerprint density at radius 2 is 1.93 bits per heavy atom. The SMILES string of the molecule is CCc1nc2scc(C(=O)O)c2c(=O)n1CC(=O)Nc1ccc(C(C)C)cc1. The minimum absolute atomic E-state index is 0.0452. The number of rotatable bonds is 6. The van der Waals surface area contributed by atoms with Crippen LogP contribution in [0.3, 0.4) is 0 Å². The third-order valence-corrected chi connectivity index (χ3v) is 5.35. The van der Waals surface area contributed by atoms with E-state index in [9.17, 15) is 19.5 Å². The monoisotopic (exact) mass is 399 g/mol. The lowest BCUT2D eigenvalue weighted by molar-refractivity contribution is -0.116. The van der Waals surface area contributed by atoms with Crippen molar-refractivity contribution >= 4 is 39.1 Å². The number of carbonyl (C=O) groups is 2. The zero-order valence-electron chi connectivity index (χ0n) is 15.9. The third-order valence-electron chi connectivity index (χ3n) is 4.48. The second kappa shape index (κ2) is 7.93. The van der Waals surface area contributed by atoms with Crippen LogP contribution in [0.5, 0.6) is 0 Å². The summed E-state index contributed by atoms with van der Waals surface area (Å²) in [4.78, 5) is 41.5. The van der Waals surface area contributed by atoms with Gasteiger partial charge in [-0.25, -0.2) is 9.78 Å². The van der Waals surface area contributed by atoms with Gasteiger partial charge in [-0.15, -0.1) is 11.3 Å². The molecular weight excluding hydrogens is 378 g/mol. The molecule has 0 aliphatic carbocycles. The Labute approximate surface area is 165 Å². The van der Waals surface area contributed by atoms with Gasteiger partial charge in [0.1, 0.15) is 17.2 Å². The Bertz CT molecular complexity index is 1100. The first-order chi connectivity index (χ1) is 13.3. The molecule has 2 aromatic heterocycles. The highest BCUT2D eigenvalue weighted by molar-refractivity contribution is 7.17. The first-order valence-corrected chi connectivity index (χ1v) is 9.83. The average molecular weight is 399 g/mol. The second-order valence-electron chi connectivity index (χ2n) is 6.73. The Kier molecular flexibility index (Phi) is 5.60. The fraction of sp³-hybridized carbons (Fsp3) is 0.300. The van der Waals surface area contributed by atoms with Crippen molar-refractivity contribution < 1.29 is 14.7 Å². The lowest BCUT2D eigenvalue weighted by Gasteiger charge is -2.12. The first kappa shape index (κ1) is 19.8. The van der Waals surface area contributed by atoms with Crippen LogP contribution in [-0.2, 0) is 17.8 Å². The number of aromatic carboxylic acids is 1. The maximum atomic E-state index is 12.9. The van der Waals surface area contributed by atoms with Crippen LogP contribution in [0.1, 0.15) is 48.4 Å². The summed E-state index contributed by atoms with van der Waals surface area (Å²) in [7, 11) is 0. The van der Waals surface area contributed by atoms with Gasteiger partial charge in [-0.05, 0) is 23.6 Å². The normalized spacial score (nSPS) is 11.1. The van der Waals surface area contributed by atoms with E-state index in [4.69, 9.17) is 0 Å². The predicted molar refractivity (Wildman–Crippen MR) is 109 cm³/mol. The molecule has 0 bridgehead atoms. The van der Waals surface area contributed by atoms with Crippen molar-refractivity contribution in [3.05, 3.63) is 57.0 Å². The molecule has 8 heteroatoms. The summed E-state index contributed by atoms with van der Waals surface area (Å²) < 4.78 is 1.25. The number of aromatic nitrogens is 2. The number of nitrogens with one attached hydrogen (secondary N) is 1. The molecule has 0 spiro atoms. The van der Waals surface area contributed by atoms with Gasteiger partial charge < -0.3 is 10.4 Å². The highest BCUT2D eigenvalue weighted by Gasteiger charge is 2.20. The Morgan fingerprint density at radius 1 is 1.25 bits per heavy atom.